The highest BCUT2D eigenvalue weighted by Gasteiger charge is 2.56. The second-order valence-electron chi connectivity index (χ2n) is 4.29. The second kappa shape index (κ2) is 4.51. The zero-order chi connectivity index (χ0) is 13.3. The van der Waals surface area contributed by atoms with Crippen molar-refractivity contribution < 1.29 is 14.2 Å². The highest BCUT2D eigenvalue weighted by atomic mass is 16.6. The molecule has 0 spiro atoms. The van der Waals surface area contributed by atoms with Crippen molar-refractivity contribution in [2.45, 2.75) is 11.8 Å². The summed E-state index contributed by atoms with van der Waals surface area (Å²) in [5.74, 6) is 1.58. The molecule has 3 rings (SSSR count). The van der Waals surface area contributed by atoms with E-state index in [1.165, 1.54) is 0 Å². The summed E-state index contributed by atoms with van der Waals surface area (Å²) in [5, 5.41) is 8.45. The number of hydrogen-bond donors (Lipinski definition) is 0. The van der Waals surface area contributed by atoms with Crippen LogP contribution in [0.15, 0.2) is 58.5 Å². The first-order valence-electron chi connectivity index (χ1n) is 5.95. The van der Waals surface area contributed by atoms with Crippen LogP contribution in [0.4, 0.5) is 5.69 Å². The molecule has 1 aromatic carbocycles. The van der Waals surface area contributed by atoms with Crippen molar-refractivity contribution in [2.24, 2.45) is 10.2 Å². The molecule has 0 amide bonds. The van der Waals surface area contributed by atoms with Crippen LogP contribution in [0.1, 0.15) is 0 Å². The van der Waals surface area contributed by atoms with E-state index in [-0.39, 0.29) is 6.10 Å². The number of nitrogens with zero attached hydrogens (tertiary/aromatic N) is 2. The van der Waals surface area contributed by atoms with E-state index >= 15 is 0 Å². The summed E-state index contributed by atoms with van der Waals surface area (Å²) in [6.45, 7) is 0. The van der Waals surface area contributed by atoms with Crippen LogP contribution in [0.25, 0.3) is 0 Å². The minimum atomic E-state index is -0.637. The number of ether oxygens (including phenoxy) is 3. The van der Waals surface area contributed by atoms with Crippen LogP contribution in [-0.4, -0.2) is 26.0 Å². The molecule has 1 fully saturated rings. The first-order valence-corrected chi connectivity index (χ1v) is 5.95. The van der Waals surface area contributed by atoms with Gasteiger partial charge in [0, 0.05) is 0 Å². The number of azo groups is 1. The minimum Gasteiger partial charge on any atom is -0.497 e. The molecule has 0 saturated carbocycles. The molecule has 1 aliphatic heterocycles. The van der Waals surface area contributed by atoms with Crippen LogP contribution in [-0.2, 0) is 9.47 Å². The Hall–Kier alpha value is -2.14. The number of allylic oxidation sites excluding steroid dienone is 1. The molecular weight excluding hydrogens is 244 g/mol. The quantitative estimate of drug-likeness (QED) is 0.616. The van der Waals surface area contributed by atoms with Crippen LogP contribution in [0, 0.1) is 0 Å². The summed E-state index contributed by atoms with van der Waals surface area (Å²) < 4.78 is 15.8. The smallest absolute Gasteiger partial charge is 0.229 e. The third kappa shape index (κ3) is 2.24. The normalized spacial score (nSPS) is 27.9. The molecule has 2 atom stereocenters. The van der Waals surface area contributed by atoms with Gasteiger partial charge in [0.1, 0.15) is 17.6 Å². The summed E-state index contributed by atoms with van der Waals surface area (Å²) in [4.78, 5) is 0. The number of hydrogen-bond acceptors (Lipinski definition) is 5. The van der Waals surface area contributed by atoms with E-state index in [1.54, 1.807) is 14.2 Å². The predicted octanol–water partition coefficient (Wildman–Crippen LogP) is 2.97. The standard InChI is InChI=1S/C14H14N2O3/c1-17-11-5-3-10(4-6-11)15-16-14-8-7-12(18-2)9-13(14)19-14/h3-9,13H,1-2H3. The molecule has 0 bridgehead atoms. The van der Waals surface area contributed by atoms with Gasteiger partial charge in [-0.15, -0.1) is 5.11 Å². The molecule has 1 aliphatic carbocycles. The van der Waals surface area contributed by atoms with Crippen molar-refractivity contribution in [2.75, 3.05) is 14.2 Å². The van der Waals surface area contributed by atoms with Crippen molar-refractivity contribution >= 4 is 5.69 Å². The molecule has 1 heterocycles. The molecule has 5 heteroatoms. The van der Waals surface area contributed by atoms with Gasteiger partial charge in [-0.05, 0) is 42.5 Å². The number of benzene rings is 1. The van der Waals surface area contributed by atoms with Crippen molar-refractivity contribution in [3.8, 4) is 5.75 Å². The SMILES string of the molecule is COC1=CC2OC2(N=Nc2ccc(OC)cc2)C=C1. The summed E-state index contributed by atoms with van der Waals surface area (Å²) in [6.07, 6.45) is 5.53. The monoisotopic (exact) mass is 258 g/mol. The summed E-state index contributed by atoms with van der Waals surface area (Å²) in [6, 6.07) is 7.38. The molecule has 1 aromatic rings. The number of epoxide rings is 1. The number of fused-ring (bicyclic) bond motifs is 1. The third-order valence-corrected chi connectivity index (χ3v) is 3.10. The molecular formula is C14H14N2O3. The highest BCUT2D eigenvalue weighted by molar-refractivity contribution is 5.41. The van der Waals surface area contributed by atoms with Crippen LogP contribution in [0.3, 0.4) is 0 Å². The zero-order valence-corrected chi connectivity index (χ0v) is 10.7. The van der Waals surface area contributed by atoms with Gasteiger partial charge in [0.2, 0.25) is 5.72 Å². The van der Waals surface area contributed by atoms with Gasteiger partial charge in [-0.3, -0.25) is 0 Å². The van der Waals surface area contributed by atoms with Crippen molar-refractivity contribution in [3.05, 3.63) is 48.3 Å². The van der Waals surface area contributed by atoms with E-state index in [0.717, 1.165) is 17.2 Å². The first kappa shape index (κ1) is 11.9. The number of rotatable bonds is 4. The lowest BCUT2D eigenvalue weighted by Gasteiger charge is -2.06. The molecule has 19 heavy (non-hydrogen) atoms. The van der Waals surface area contributed by atoms with E-state index < -0.39 is 5.72 Å². The van der Waals surface area contributed by atoms with E-state index in [1.807, 2.05) is 42.5 Å². The average Bonchev–Trinajstić information content (AvgIpc) is 3.19. The van der Waals surface area contributed by atoms with Crippen molar-refractivity contribution in [3.63, 3.8) is 0 Å². The fourth-order valence-electron chi connectivity index (χ4n) is 1.90. The van der Waals surface area contributed by atoms with Gasteiger partial charge < -0.3 is 14.2 Å². The molecule has 0 aromatic heterocycles. The van der Waals surface area contributed by atoms with Crippen LogP contribution < -0.4 is 4.74 Å². The largest absolute Gasteiger partial charge is 0.497 e. The van der Waals surface area contributed by atoms with Crippen molar-refractivity contribution in [1.29, 1.82) is 0 Å². The Morgan fingerprint density at radius 3 is 2.58 bits per heavy atom. The molecule has 0 radical (unpaired) electrons. The summed E-state index contributed by atoms with van der Waals surface area (Å²) in [7, 11) is 3.26. The maximum absolute atomic E-state index is 5.54. The third-order valence-electron chi connectivity index (χ3n) is 3.10. The summed E-state index contributed by atoms with van der Waals surface area (Å²) in [5.41, 5.74) is 0.126. The lowest BCUT2D eigenvalue weighted by atomic mass is 10.1. The minimum absolute atomic E-state index is 0.0746. The molecule has 98 valence electrons. The Balaban J connectivity index is 1.71. The number of methoxy groups -OCH3 is 2. The second-order valence-corrected chi connectivity index (χ2v) is 4.29. The van der Waals surface area contributed by atoms with Crippen LogP contribution in [0.2, 0.25) is 0 Å². The Labute approximate surface area is 111 Å². The van der Waals surface area contributed by atoms with Crippen LogP contribution in [0.5, 0.6) is 5.75 Å². The Bertz CT molecular complexity index is 563. The average molecular weight is 258 g/mol. The molecule has 0 N–H and O–H groups in total. The predicted molar refractivity (Wildman–Crippen MR) is 69.3 cm³/mol. The van der Waals surface area contributed by atoms with Gasteiger partial charge in [0.05, 0.1) is 19.9 Å². The van der Waals surface area contributed by atoms with E-state index in [4.69, 9.17) is 14.2 Å². The Morgan fingerprint density at radius 2 is 1.95 bits per heavy atom. The van der Waals surface area contributed by atoms with Gasteiger partial charge >= 0.3 is 0 Å². The lowest BCUT2D eigenvalue weighted by molar-refractivity contribution is 0.303. The van der Waals surface area contributed by atoms with E-state index in [0.29, 0.717) is 0 Å². The van der Waals surface area contributed by atoms with Gasteiger partial charge in [-0.25, -0.2) is 0 Å². The molecule has 5 nitrogen and oxygen atoms in total. The summed E-state index contributed by atoms with van der Waals surface area (Å²) >= 11 is 0. The topological polar surface area (TPSA) is 55.7 Å². The van der Waals surface area contributed by atoms with E-state index in [9.17, 15) is 0 Å². The fraction of sp³-hybridized carbons (Fsp3) is 0.286. The highest BCUT2D eigenvalue weighted by Crippen LogP contribution is 2.44. The molecule has 2 aliphatic rings. The Kier molecular flexibility index (Phi) is 2.83. The van der Waals surface area contributed by atoms with Gasteiger partial charge in [0.25, 0.3) is 0 Å². The Morgan fingerprint density at radius 1 is 1.16 bits per heavy atom. The molecule has 1 saturated heterocycles. The lowest BCUT2D eigenvalue weighted by Crippen LogP contribution is -2.10. The first-order chi connectivity index (χ1) is 9.25. The van der Waals surface area contributed by atoms with Gasteiger partial charge in [-0.1, -0.05) is 0 Å². The fourth-order valence-corrected chi connectivity index (χ4v) is 1.90. The zero-order valence-electron chi connectivity index (χ0n) is 10.7. The maximum Gasteiger partial charge on any atom is 0.229 e. The molecule has 2 unspecified atom stereocenters. The maximum atomic E-state index is 5.54. The van der Waals surface area contributed by atoms with E-state index in [2.05, 4.69) is 10.2 Å². The van der Waals surface area contributed by atoms with Gasteiger partial charge in [-0.2, -0.15) is 5.11 Å². The van der Waals surface area contributed by atoms with Crippen LogP contribution >= 0.6 is 0 Å². The van der Waals surface area contributed by atoms with Crippen molar-refractivity contribution in [1.82, 2.24) is 0 Å². The van der Waals surface area contributed by atoms with Gasteiger partial charge in [0.15, 0.2) is 0 Å².